The number of nitrogens with one attached hydrogen (secondary N) is 1. The Kier molecular flexibility index (Phi) is 3.78. The molecule has 1 aromatic carbocycles. The number of hydrogen-bond acceptors (Lipinski definition) is 2. The Bertz CT molecular complexity index is 289. The van der Waals surface area contributed by atoms with Gasteiger partial charge in [0.1, 0.15) is 0 Å². The van der Waals surface area contributed by atoms with E-state index in [9.17, 15) is 5.11 Å². The second-order valence-electron chi connectivity index (χ2n) is 4.03. The van der Waals surface area contributed by atoms with Crippen molar-refractivity contribution >= 4 is 28.3 Å². The average molecular weight is 305 g/mol. The molecule has 1 unspecified atom stereocenters. The number of hydrogen-bond donors (Lipinski definition) is 2. The molecule has 0 saturated heterocycles. The van der Waals surface area contributed by atoms with Crippen LogP contribution in [0.25, 0.3) is 0 Å². The molecule has 1 rings (SSSR count). The van der Waals surface area contributed by atoms with Crippen molar-refractivity contribution in [2.45, 2.75) is 32.4 Å². The van der Waals surface area contributed by atoms with Gasteiger partial charge in [-0.15, -0.1) is 0 Å². The SMILES string of the molecule is CC(Nc1ccc(I)cc1)C(C)(C)O. The molecule has 1 aromatic rings. The molecular formula is C11H16INO. The average Bonchev–Trinajstić information content (AvgIpc) is 2.07. The minimum Gasteiger partial charge on any atom is -0.388 e. The van der Waals surface area contributed by atoms with Crippen LogP contribution in [0, 0.1) is 3.57 Å². The third-order valence-corrected chi connectivity index (χ3v) is 3.01. The van der Waals surface area contributed by atoms with Gasteiger partial charge in [-0.05, 0) is 67.6 Å². The Morgan fingerprint density at radius 1 is 1.29 bits per heavy atom. The number of aliphatic hydroxyl groups is 1. The van der Waals surface area contributed by atoms with Gasteiger partial charge >= 0.3 is 0 Å². The van der Waals surface area contributed by atoms with Crippen LogP contribution in [0.2, 0.25) is 0 Å². The van der Waals surface area contributed by atoms with Crippen molar-refractivity contribution in [1.29, 1.82) is 0 Å². The highest BCUT2D eigenvalue weighted by Gasteiger charge is 2.21. The molecule has 0 fully saturated rings. The van der Waals surface area contributed by atoms with Gasteiger partial charge in [-0.1, -0.05) is 0 Å². The molecule has 2 nitrogen and oxygen atoms in total. The van der Waals surface area contributed by atoms with E-state index in [1.807, 2.05) is 31.2 Å². The van der Waals surface area contributed by atoms with Crippen LogP contribution < -0.4 is 5.32 Å². The quantitative estimate of drug-likeness (QED) is 0.842. The van der Waals surface area contributed by atoms with Gasteiger partial charge in [-0.2, -0.15) is 0 Å². The fourth-order valence-electron chi connectivity index (χ4n) is 0.973. The van der Waals surface area contributed by atoms with Crippen LogP contribution in [0.3, 0.4) is 0 Å². The lowest BCUT2D eigenvalue weighted by atomic mass is 10.0. The predicted octanol–water partition coefficient (Wildman–Crippen LogP) is 2.86. The number of anilines is 1. The molecule has 0 saturated carbocycles. The van der Waals surface area contributed by atoms with Crippen molar-refractivity contribution in [3.63, 3.8) is 0 Å². The Morgan fingerprint density at radius 3 is 2.21 bits per heavy atom. The fraction of sp³-hybridized carbons (Fsp3) is 0.455. The monoisotopic (exact) mass is 305 g/mol. The van der Waals surface area contributed by atoms with Crippen molar-refractivity contribution in [3.05, 3.63) is 27.8 Å². The van der Waals surface area contributed by atoms with Gasteiger partial charge in [-0.25, -0.2) is 0 Å². The standard InChI is InChI=1S/C11H16INO/c1-8(11(2,3)14)13-10-6-4-9(12)5-7-10/h4-8,13-14H,1-3H3. The molecule has 78 valence electrons. The van der Waals surface area contributed by atoms with Gasteiger partial charge < -0.3 is 10.4 Å². The van der Waals surface area contributed by atoms with E-state index in [2.05, 4.69) is 27.9 Å². The maximum atomic E-state index is 9.74. The topological polar surface area (TPSA) is 32.3 Å². The van der Waals surface area contributed by atoms with E-state index in [0.717, 1.165) is 5.69 Å². The normalized spacial score (nSPS) is 13.8. The summed E-state index contributed by atoms with van der Waals surface area (Å²) < 4.78 is 1.21. The van der Waals surface area contributed by atoms with E-state index < -0.39 is 5.60 Å². The van der Waals surface area contributed by atoms with Gasteiger partial charge in [0.15, 0.2) is 0 Å². The van der Waals surface area contributed by atoms with E-state index in [0.29, 0.717) is 0 Å². The third-order valence-electron chi connectivity index (χ3n) is 2.29. The van der Waals surface area contributed by atoms with E-state index in [4.69, 9.17) is 0 Å². The number of rotatable bonds is 3. The summed E-state index contributed by atoms with van der Waals surface area (Å²) in [6.45, 7) is 5.58. The summed E-state index contributed by atoms with van der Waals surface area (Å²) in [7, 11) is 0. The minimum atomic E-state index is -0.705. The third kappa shape index (κ3) is 3.46. The lowest BCUT2D eigenvalue weighted by molar-refractivity contribution is 0.0649. The van der Waals surface area contributed by atoms with Crippen LogP contribution in [0.4, 0.5) is 5.69 Å². The molecule has 0 aliphatic rings. The van der Waals surface area contributed by atoms with E-state index in [1.54, 1.807) is 13.8 Å². The Morgan fingerprint density at radius 2 is 1.79 bits per heavy atom. The Balaban J connectivity index is 2.65. The van der Waals surface area contributed by atoms with Crippen LogP contribution in [0.15, 0.2) is 24.3 Å². The molecule has 3 heteroatoms. The molecule has 1 atom stereocenters. The lowest BCUT2D eigenvalue weighted by Crippen LogP contribution is -2.39. The van der Waals surface area contributed by atoms with E-state index in [-0.39, 0.29) is 6.04 Å². The molecule has 0 bridgehead atoms. The van der Waals surface area contributed by atoms with Crippen LogP contribution >= 0.6 is 22.6 Å². The summed E-state index contributed by atoms with van der Waals surface area (Å²) in [5.74, 6) is 0. The summed E-state index contributed by atoms with van der Waals surface area (Å²) in [6, 6.07) is 8.15. The van der Waals surface area contributed by atoms with Crippen molar-refractivity contribution in [3.8, 4) is 0 Å². The highest BCUT2D eigenvalue weighted by molar-refractivity contribution is 14.1. The van der Waals surface area contributed by atoms with E-state index in [1.165, 1.54) is 3.57 Å². The van der Waals surface area contributed by atoms with Gasteiger partial charge in [0.25, 0.3) is 0 Å². The summed E-state index contributed by atoms with van der Waals surface area (Å²) in [4.78, 5) is 0. The Hall–Kier alpha value is -0.290. The van der Waals surface area contributed by atoms with E-state index >= 15 is 0 Å². The van der Waals surface area contributed by atoms with Gasteiger partial charge in [0.2, 0.25) is 0 Å². The second kappa shape index (κ2) is 4.49. The largest absolute Gasteiger partial charge is 0.388 e. The minimum absolute atomic E-state index is 0.0301. The molecule has 0 aliphatic heterocycles. The van der Waals surface area contributed by atoms with Crippen LogP contribution in [-0.2, 0) is 0 Å². The molecular weight excluding hydrogens is 289 g/mol. The van der Waals surface area contributed by atoms with Crippen LogP contribution in [-0.4, -0.2) is 16.7 Å². The van der Waals surface area contributed by atoms with Gasteiger partial charge in [0, 0.05) is 9.26 Å². The number of benzene rings is 1. The maximum absolute atomic E-state index is 9.74. The zero-order valence-corrected chi connectivity index (χ0v) is 10.9. The first-order chi connectivity index (χ1) is 6.39. The summed E-state index contributed by atoms with van der Waals surface area (Å²) in [5.41, 5.74) is 0.336. The lowest BCUT2D eigenvalue weighted by Gasteiger charge is -2.27. The smallest absolute Gasteiger partial charge is 0.0789 e. The zero-order valence-electron chi connectivity index (χ0n) is 8.71. The fourth-order valence-corrected chi connectivity index (χ4v) is 1.33. The molecule has 14 heavy (non-hydrogen) atoms. The van der Waals surface area contributed by atoms with Crippen LogP contribution in [0.1, 0.15) is 20.8 Å². The van der Waals surface area contributed by atoms with Gasteiger partial charge in [0.05, 0.1) is 11.6 Å². The Labute approximate surface area is 98.9 Å². The first-order valence-electron chi connectivity index (χ1n) is 4.64. The van der Waals surface area contributed by atoms with Crippen molar-refractivity contribution < 1.29 is 5.11 Å². The summed E-state index contributed by atoms with van der Waals surface area (Å²) >= 11 is 2.27. The second-order valence-corrected chi connectivity index (χ2v) is 5.27. The van der Waals surface area contributed by atoms with Crippen molar-refractivity contribution in [2.75, 3.05) is 5.32 Å². The van der Waals surface area contributed by atoms with Crippen LogP contribution in [0.5, 0.6) is 0 Å². The highest BCUT2D eigenvalue weighted by Crippen LogP contribution is 2.16. The number of halogens is 1. The predicted molar refractivity (Wildman–Crippen MR) is 68.5 cm³/mol. The maximum Gasteiger partial charge on any atom is 0.0789 e. The summed E-state index contributed by atoms with van der Waals surface area (Å²) in [5, 5.41) is 13.0. The highest BCUT2D eigenvalue weighted by atomic mass is 127. The summed E-state index contributed by atoms with van der Waals surface area (Å²) in [6.07, 6.45) is 0. The van der Waals surface area contributed by atoms with Crippen molar-refractivity contribution in [1.82, 2.24) is 0 Å². The van der Waals surface area contributed by atoms with Gasteiger partial charge in [-0.3, -0.25) is 0 Å². The molecule has 0 aromatic heterocycles. The molecule has 2 N–H and O–H groups in total. The first kappa shape index (κ1) is 11.8. The molecule has 0 amide bonds. The zero-order chi connectivity index (χ0) is 10.8. The molecule has 0 aliphatic carbocycles. The molecule has 0 spiro atoms. The van der Waals surface area contributed by atoms with Crippen molar-refractivity contribution in [2.24, 2.45) is 0 Å². The molecule has 0 radical (unpaired) electrons. The molecule has 0 heterocycles. The first-order valence-corrected chi connectivity index (χ1v) is 5.72.